The van der Waals surface area contributed by atoms with Gasteiger partial charge in [-0.3, -0.25) is 0 Å². The molecule has 3 aromatic carbocycles. The third-order valence-electron chi connectivity index (χ3n) is 4.80. The quantitative estimate of drug-likeness (QED) is 0.442. The summed E-state index contributed by atoms with van der Waals surface area (Å²) in [5.74, 6) is 0. The van der Waals surface area contributed by atoms with Crippen LogP contribution in [-0.2, 0) is 0 Å². The molecule has 0 atom stereocenters. The molecule has 26 heavy (non-hydrogen) atoms. The summed E-state index contributed by atoms with van der Waals surface area (Å²) in [5, 5.41) is 0.620. The number of nitrogens with zero attached hydrogens (tertiary/aromatic N) is 1. The molecule has 4 rings (SSSR count). The van der Waals surface area contributed by atoms with Gasteiger partial charge in [-0.15, -0.1) is 0 Å². The van der Waals surface area contributed by atoms with Crippen molar-refractivity contribution in [1.29, 1.82) is 0 Å². The Bertz CT molecular complexity index is 820. The molecule has 128 valence electrons. The summed E-state index contributed by atoms with van der Waals surface area (Å²) in [6, 6.07) is 38.2. The summed E-state index contributed by atoms with van der Waals surface area (Å²) in [6.07, 6.45) is 1.88. The molecule has 1 aromatic heterocycles. The van der Waals surface area contributed by atoms with Crippen LogP contribution >= 0.6 is 20.8 Å². The van der Waals surface area contributed by atoms with Crippen LogP contribution < -0.4 is 21.3 Å². The van der Waals surface area contributed by atoms with E-state index in [1.54, 1.807) is 0 Å². The van der Waals surface area contributed by atoms with Gasteiger partial charge in [0.2, 0.25) is 0 Å². The Morgan fingerprint density at radius 3 is 1.23 bits per heavy atom. The SMILES string of the molecule is BrP(c1ccccc1)(c1ccccc1)(c1ccccc1)c1ccccn1. The van der Waals surface area contributed by atoms with Gasteiger partial charge in [-0.1, -0.05) is 0 Å². The van der Waals surface area contributed by atoms with Gasteiger partial charge in [0.25, 0.3) is 0 Å². The van der Waals surface area contributed by atoms with Crippen molar-refractivity contribution in [3.05, 3.63) is 115 Å². The molecule has 0 radical (unpaired) electrons. The first-order valence-electron chi connectivity index (χ1n) is 8.57. The van der Waals surface area contributed by atoms with E-state index in [-0.39, 0.29) is 0 Å². The zero-order valence-electron chi connectivity index (χ0n) is 14.2. The maximum absolute atomic E-state index is 4.86. The molecular weight excluding hydrogens is 401 g/mol. The van der Waals surface area contributed by atoms with Gasteiger partial charge >= 0.3 is 163 Å². The Balaban J connectivity index is 2.23. The van der Waals surface area contributed by atoms with Crippen LogP contribution in [0.25, 0.3) is 0 Å². The van der Waals surface area contributed by atoms with Crippen molar-refractivity contribution in [2.45, 2.75) is 0 Å². The fourth-order valence-corrected chi connectivity index (χ4v) is 10.9. The second-order valence-corrected chi connectivity index (χ2v) is 14.5. The van der Waals surface area contributed by atoms with Crippen molar-refractivity contribution in [3.63, 3.8) is 0 Å². The van der Waals surface area contributed by atoms with Crippen LogP contribution in [0.2, 0.25) is 0 Å². The van der Waals surface area contributed by atoms with Crippen LogP contribution in [0.4, 0.5) is 0 Å². The minimum atomic E-state index is -3.11. The number of hydrogen-bond donors (Lipinski definition) is 0. The molecule has 0 N–H and O–H groups in total. The molecule has 0 bridgehead atoms. The zero-order valence-corrected chi connectivity index (χ0v) is 16.7. The Kier molecular flexibility index (Phi) is 4.48. The van der Waals surface area contributed by atoms with Crippen molar-refractivity contribution in [1.82, 2.24) is 4.98 Å². The molecule has 0 saturated heterocycles. The standard InChI is InChI=1S/C23H19BrNP/c24-26(20-12-4-1-5-13-20,21-14-6-2-7-15-21,22-16-8-3-9-17-22)23-18-10-11-19-25-23/h1-19H. The van der Waals surface area contributed by atoms with E-state index < -0.39 is 5.31 Å². The molecular formula is C23H19BrNP. The van der Waals surface area contributed by atoms with E-state index in [0.717, 1.165) is 5.44 Å². The van der Waals surface area contributed by atoms with Crippen LogP contribution in [0.1, 0.15) is 0 Å². The van der Waals surface area contributed by atoms with Gasteiger partial charge in [-0.25, -0.2) is 0 Å². The van der Waals surface area contributed by atoms with E-state index in [9.17, 15) is 0 Å². The molecule has 0 aliphatic heterocycles. The van der Waals surface area contributed by atoms with E-state index in [1.807, 2.05) is 12.3 Å². The topological polar surface area (TPSA) is 12.9 Å². The predicted octanol–water partition coefficient (Wildman–Crippen LogP) is 4.55. The van der Waals surface area contributed by atoms with E-state index in [2.05, 4.69) is 119 Å². The second kappa shape index (κ2) is 6.79. The average molecular weight is 420 g/mol. The van der Waals surface area contributed by atoms with Crippen LogP contribution in [0.15, 0.2) is 115 Å². The molecule has 3 heteroatoms. The number of halogens is 1. The number of benzene rings is 3. The van der Waals surface area contributed by atoms with Crippen molar-refractivity contribution < 1.29 is 0 Å². The summed E-state index contributed by atoms with van der Waals surface area (Å²) in [4.78, 5) is 4.86. The van der Waals surface area contributed by atoms with Crippen molar-refractivity contribution in [3.8, 4) is 0 Å². The second-order valence-electron chi connectivity index (χ2n) is 6.20. The Hall–Kier alpha value is -2.28. The molecule has 1 heterocycles. The maximum atomic E-state index is 4.86. The van der Waals surface area contributed by atoms with E-state index in [1.165, 1.54) is 15.9 Å². The van der Waals surface area contributed by atoms with Gasteiger partial charge in [0.15, 0.2) is 0 Å². The van der Waals surface area contributed by atoms with E-state index >= 15 is 0 Å². The first-order valence-corrected chi connectivity index (χ1v) is 12.8. The first kappa shape index (κ1) is 17.1. The zero-order chi connectivity index (χ0) is 17.9. The summed E-state index contributed by atoms with van der Waals surface area (Å²) in [5.41, 5.74) is 1.06. The van der Waals surface area contributed by atoms with Crippen molar-refractivity contribution in [2.24, 2.45) is 0 Å². The van der Waals surface area contributed by atoms with Crippen LogP contribution in [0.5, 0.6) is 0 Å². The van der Waals surface area contributed by atoms with Gasteiger partial charge in [-0.05, 0) is 0 Å². The molecule has 0 unspecified atom stereocenters. The number of aromatic nitrogens is 1. The number of pyridine rings is 1. The summed E-state index contributed by atoms with van der Waals surface area (Å²) < 4.78 is 0. The summed E-state index contributed by atoms with van der Waals surface area (Å²) in [6.45, 7) is 0. The number of rotatable bonds is 4. The third-order valence-corrected chi connectivity index (χ3v) is 14.5. The summed E-state index contributed by atoms with van der Waals surface area (Å²) in [7, 11) is 0. The van der Waals surface area contributed by atoms with Crippen molar-refractivity contribution in [2.75, 3.05) is 0 Å². The molecule has 1 nitrogen and oxygen atoms in total. The van der Waals surface area contributed by atoms with Gasteiger partial charge in [0.05, 0.1) is 0 Å². The number of hydrogen-bond acceptors (Lipinski definition) is 1. The van der Waals surface area contributed by atoms with Gasteiger partial charge < -0.3 is 0 Å². The van der Waals surface area contributed by atoms with Crippen LogP contribution in [0, 0.1) is 0 Å². The average Bonchev–Trinajstić information content (AvgIpc) is 2.76. The molecule has 0 spiro atoms. The van der Waals surface area contributed by atoms with Gasteiger partial charge in [0.1, 0.15) is 0 Å². The van der Waals surface area contributed by atoms with Crippen LogP contribution in [-0.4, -0.2) is 4.98 Å². The molecule has 0 fully saturated rings. The Morgan fingerprint density at radius 1 is 0.500 bits per heavy atom. The monoisotopic (exact) mass is 419 g/mol. The van der Waals surface area contributed by atoms with Gasteiger partial charge in [0, 0.05) is 0 Å². The van der Waals surface area contributed by atoms with Gasteiger partial charge in [-0.2, -0.15) is 0 Å². The van der Waals surface area contributed by atoms with E-state index in [4.69, 9.17) is 4.98 Å². The fraction of sp³-hybridized carbons (Fsp3) is 0. The Morgan fingerprint density at radius 2 is 0.885 bits per heavy atom. The fourth-order valence-electron chi connectivity index (χ4n) is 3.57. The Labute approximate surface area is 162 Å². The van der Waals surface area contributed by atoms with E-state index in [0.29, 0.717) is 0 Å². The molecule has 0 amide bonds. The summed E-state index contributed by atoms with van der Waals surface area (Å²) >= 11 is 4.39. The first-order chi connectivity index (χ1) is 12.7. The normalized spacial score (nSPS) is 12.9. The molecule has 0 saturated carbocycles. The van der Waals surface area contributed by atoms with Crippen LogP contribution in [0.3, 0.4) is 0 Å². The molecule has 0 aliphatic carbocycles. The molecule has 4 aromatic rings. The third kappa shape index (κ3) is 2.45. The van der Waals surface area contributed by atoms with Crippen molar-refractivity contribution >= 4 is 42.1 Å². The predicted molar refractivity (Wildman–Crippen MR) is 118 cm³/mol. The minimum absolute atomic E-state index is 1.06. The molecule has 0 aliphatic rings.